The average Bonchev–Trinajstić information content (AvgIpc) is 2.70. The van der Waals surface area contributed by atoms with E-state index in [4.69, 9.17) is 4.74 Å². The van der Waals surface area contributed by atoms with Crippen LogP contribution in [0.15, 0.2) is 42.5 Å². The van der Waals surface area contributed by atoms with Crippen molar-refractivity contribution in [2.75, 3.05) is 32.8 Å². The molecule has 4 nitrogen and oxygen atoms in total. The number of aryl methyl sites for hydroxylation is 3. The van der Waals surface area contributed by atoms with Crippen molar-refractivity contribution in [2.45, 2.75) is 38.8 Å². The van der Waals surface area contributed by atoms with E-state index in [1.165, 1.54) is 16.7 Å². The van der Waals surface area contributed by atoms with Crippen LogP contribution in [-0.2, 0) is 0 Å². The summed E-state index contributed by atoms with van der Waals surface area (Å²) in [5, 5.41) is 3.66. The largest absolute Gasteiger partial charge is 0.492 e. The van der Waals surface area contributed by atoms with E-state index in [0.717, 1.165) is 50.3 Å². The van der Waals surface area contributed by atoms with E-state index in [1.807, 2.05) is 35.2 Å². The Balaban J connectivity index is 1.40. The van der Waals surface area contributed by atoms with Gasteiger partial charge in [0.2, 0.25) is 0 Å². The van der Waals surface area contributed by atoms with Gasteiger partial charge in [0.05, 0.1) is 0 Å². The number of rotatable bonds is 7. The van der Waals surface area contributed by atoms with Crippen LogP contribution in [0.1, 0.15) is 39.9 Å². The van der Waals surface area contributed by atoms with Gasteiger partial charge in [0.1, 0.15) is 12.4 Å². The lowest BCUT2D eigenvalue weighted by Crippen LogP contribution is -2.48. The molecule has 1 unspecified atom stereocenters. The Morgan fingerprint density at radius 3 is 2.55 bits per heavy atom. The van der Waals surface area contributed by atoms with Gasteiger partial charge in [-0.1, -0.05) is 18.2 Å². The fourth-order valence-corrected chi connectivity index (χ4v) is 4.07. The van der Waals surface area contributed by atoms with Crippen LogP contribution < -0.4 is 10.1 Å². The molecule has 1 aliphatic rings. The summed E-state index contributed by atoms with van der Waals surface area (Å²) in [7, 11) is 3.03. The first-order valence-corrected chi connectivity index (χ1v) is 11.0. The summed E-state index contributed by atoms with van der Waals surface area (Å²) in [4.78, 5) is 14.8. The lowest BCUT2D eigenvalue weighted by atomic mass is 9.94. The smallest absolute Gasteiger partial charge is 0.253 e. The summed E-state index contributed by atoms with van der Waals surface area (Å²) in [5.41, 5.74) is 4.41. The molecule has 0 aliphatic carbocycles. The van der Waals surface area contributed by atoms with Gasteiger partial charge in [0.15, 0.2) is 0 Å². The van der Waals surface area contributed by atoms with E-state index >= 15 is 0 Å². The number of likely N-dealkylation sites (tertiary alicyclic amines) is 1. The van der Waals surface area contributed by atoms with Gasteiger partial charge in [-0.05, 0) is 74.6 Å². The number of piperidine rings is 1. The molecule has 1 aliphatic heterocycles. The Morgan fingerprint density at radius 2 is 1.86 bits per heavy atom. The quantitative estimate of drug-likeness (QED) is 0.549. The Hall–Kier alpha value is -1.90. The van der Waals surface area contributed by atoms with E-state index in [9.17, 15) is 4.79 Å². The molecule has 0 saturated carbocycles. The number of amides is 1. The van der Waals surface area contributed by atoms with Gasteiger partial charge in [0, 0.05) is 36.9 Å². The molecule has 1 atom stereocenters. The lowest BCUT2D eigenvalue weighted by molar-refractivity contribution is 0.0703. The first-order chi connectivity index (χ1) is 13.9. The highest BCUT2D eigenvalue weighted by molar-refractivity contribution is 7.19. The summed E-state index contributed by atoms with van der Waals surface area (Å²) in [6.45, 7) is 10.2. The van der Waals surface area contributed by atoms with Crippen molar-refractivity contribution in [1.29, 1.82) is 0 Å². The Kier molecular flexibility index (Phi) is 7.32. The fourth-order valence-electron chi connectivity index (χ4n) is 3.67. The first-order valence-electron chi connectivity index (χ1n) is 10.4. The fraction of sp³-hybridized carbons (Fsp3) is 0.458. The maximum atomic E-state index is 12.8. The third kappa shape index (κ3) is 6.04. The van der Waals surface area contributed by atoms with E-state index in [-0.39, 0.29) is 11.1 Å². The van der Waals surface area contributed by atoms with E-state index < -0.39 is 0 Å². The van der Waals surface area contributed by atoms with Crippen molar-refractivity contribution in [2.24, 2.45) is 0 Å². The molecule has 2 aromatic carbocycles. The van der Waals surface area contributed by atoms with Gasteiger partial charge in [-0.3, -0.25) is 4.79 Å². The number of hydrogen-bond acceptors (Lipinski definition) is 3. The molecule has 1 N–H and O–H groups in total. The number of carbonyl (C=O) groups is 1. The number of nitrogens with zero attached hydrogens (tertiary/aromatic N) is 1. The van der Waals surface area contributed by atoms with Crippen molar-refractivity contribution in [1.82, 2.24) is 10.2 Å². The average molecular weight is 413 g/mol. The summed E-state index contributed by atoms with van der Waals surface area (Å²) in [6, 6.07) is 14.1. The van der Waals surface area contributed by atoms with Crippen LogP contribution in [0.3, 0.4) is 0 Å². The zero-order valence-electron chi connectivity index (χ0n) is 17.8. The molecule has 1 heterocycles. The maximum Gasteiger partial charge on any atom is 0.253 e. The Morgan fingerprint density at radius 1 is 1.10 bits per heavy atom. The highest BCUT2D eigenvalue weighted by atomic mass is 31.0. The molecule has 29 heavy (non-hydrogen) atoms. The molecule has 1 fully saturated rings. The molecule has 156 valence electrons. The van der Waals surface area contributed by atoms with Crippen LogP contribution >= 0.6 is 9.24 Å². The molecule has 1 saturated heterocycles. The number of benzene rings is 2. The summed E-state index contributed by atoms with van der Waals surface area (Å²) < 4.78 is 5.80. The molecular weight excluding hydrogens is 379 g/mol. The normalized spacial score (nSPS) is 15.9. The second-order valence-corrected chi connectivity index (χ2v) is 9.52. The lowest BCUT2D eigenvalue weighted by Gasteiger charge is -2.39. The van der Waals surface area contributed by atoms with Crippen molar-refractivity contribution in [3.8, 4) is 5.75 Å². The van der Waals surface area contributed by atoms with Crippen molar-refractivity contribution in [3.63, 3.8) is 0 Å². The van der Waals surface area contributed by atoms with Crippen LogP contribution in [0.4, 0.5) is 0 Å². The number of hydrogen-bond donors (Lipinski definition) is 1. The van der Waals surface area contributed by atoms with Gasteiger partial charge in [0.25, 0.3) is 5.91 Å². The zero-order valence-corrected chi connectivity index (χ0v) is 19.0. The predicted molar refractivity (Wildman–Crippen MR) is 123 cm³/mol. The SMILES string of the molecule is Cc1cccc(OCCNCC2(P)CCN(C(=O)c3ccc(C)c(C)c3)CC2)c1. The van der Waals surface area contributed by atoms with E-state index in [1.54, 1.807) is 0 Å². The molecule has 0 spiro atoms. The van der Waals surface area contributed by atoms with Crippen LogP contribution in [0.2, 0.25) is 0 Å². The molecule has 5 heteroatoms. The van der Waals surface area contributed by atoms with Gasteiger partial charge in [-0.25, -0.2) is 0 Å². The van der Waals surface area contributed by atoms with Crippen LogP contribution in [0.5, 0.6) is 5.75 Å². The van der Waals surface area contributed by atoms with Gasteiger partial charge in [-0.2, -0.15) is 0 Å². The number of carbonyl (C=O) groups excluding carboxylic acids is 1. The second kappa shape index (κ2) is 9.73. The minimum atomic E-state index is 0.142. The molecule has 2 aromatic rings. The van der Waals surface area contributed by atoms with Crippen molar-refractivity contribution < 1.29 is 9.53 Å². The molecule has 0 bridgehead atoms. The minimum Gasteiger partial charge on any atom is -0.492 e. The predicted octanol–water partition coefficient (Wildman–Crippen LogP) is 4.13. The molecule has 0 radical (unpaired) electrons. The molecular formula is C24H33N2O2P. The van der Waals surface area contributed by atoms with Crippen LogP contribution in [0.25, 0.3) is 0 Å². The van der Waals surface area contributed by atoms with E-state index in [2.05, 4.69) is 47.5 Å². The summed E-state index contributed by atoms with van der Waals surface area (Å²) in [5.74, 6) is 1.07. The van der Waals surface area contributed by atoms with Crippen LogP contribution in [0, 0.1) is 20.8 Å². The standard InChI is InChI=1S/C24H33N2O2P/c1-18-5-4-6-22(15-18)28-14-11-25-17-24(29)9-12-26(13-10-24)23(27)21-8-7-19(2)20(3)16-21/h4-8,15-16,25H,9-14,17,29H2,1-3H3. The van der Waals surface area contributed by atoms with Gasteiger partial charge >= 0.3 is 0 Å². The molecule has 3 rings (SSSR count). The molecule has 1 amide bonds. The van der Waals surface area contributed by atoms with Crippen LogP contribution in [-0.4, -0.2) is 48.7 Å². The van der Waals surface area contributed by atoms with Gasteiger partial charge in [-0.15, -0.1) is 9.24 Å². The summed E-state index contributed by atoms with van der Waals surface area (Å²) in [6.07, 6.45) is 1.97. The minimum absolute atomic E-state index is 0.142. The Labute approximate surface area is 177 Å². The van der Waals surface area contributed by atoms with Crippen molar-refractivity contribution in [3.05, 3.63) is 64.7 Å². The van der Waals surface area contributed by atoms with Crippen molar-refractivity contribution >= 4 is 15.1 Å². The topological polar surface area (TPSA) is 41.6 Å². The summed E-state index contributed by atoms with van der Waals surface area (Å²) >= 11 is 0. The van der Waals surface area contributed by atoms with Gasteiger partial charge < -0.3 is 15.0 Å². The first kappa shape index (κ1) is 21.8. The highest BCUT2D eigenvalue weighted by Crippen LogP contribution is 2.31. The second-order valence-electron chi connectivity index (χ2n) is 8.30. The third-order valence-electron chi connectivity index (χ3n) is 5.81. The number of nitrogens with one attached hydrogen (secondary N) is 1. The number of ether oxygens (including phenoxy) is 1. The highest BCUT2D eigenvalue weighted by Gasteiger charge is 2.32. The third-order valence-corrected chi connectivity index (χ3v) is 6.60. The maximum absolute atomic E-state index is 12.8. The Bertz CT molecular complexity index is 845. The molecule has 0 aromatic heterocycles. The monoisotopic (exact) mass is 412 g/mol. The zero-order chi connectivity index (χ0) is 20.9. The van der Waals surface area contributed by atoms with E-state index in [0.29, 0.717) is 6.61 Å².